The average molecular weight is 258 g/mol. The molecular weight excluding hydrogens is 239 g/mol. The third kappa shape index (κ3) is 3.80. The molecule has 1 unspecified atom stereocenters. The molecule has 0 saturated carbocycles. The Balaban J connectivity index is 1.96. The van der Waals surface area contributed by atoms with Crippen molar-refractivity contribution in [3.8, 4) is 0 Å². The van der Waals surface area contributed by atoms with Gasteiger partial charge in [0.05, 0.1) is 5.69 Å². The summed E-state index contributed by atoms with van der Waals surface area (Å²) in [5, 5.41) is 0. The molecule has 0 spiro atoms. The minimum absolute atomic E-state index is 0.0213. The minimum atomic E-state index is -0.211. The van der Waals surface area contributed by atoms with Crippen LogP contribution in [0.15, 0.2) is 54.6 Å². The van der Waals surface area contributed by atoms with Gasteiger partial charge >= 0.3 is 0 Å². The lowest BCUT2D eigenvalue weighted by Crippen LogP contribution is -2.37. The third-order valence-corrected chi connectivity index (χ3v) is 3.11. The van der Waals surface area contributed by atoms with Crippen LogP contribution in [0.5, 0.6) is 0 Å². The molecule has 0 saturated heterocycles. The van der Waals surface area contributed by atoms with Crippen molar-refractivity contribution in [2.75, 3.05) is 18.5 Å². The molecule has 2 aromatic rings. The Morgan fingerprint density at radius 2 is 1.68 bits per heavy atom. The van der Waals surface area contributed by atoms with Gasteiger partial charge in [-0.25, -0.2) is 4.39 Å². The van der Waals surface area contributed by atoms with Gasteiger partial charge in [0.2, 0.25) is 0 Å². The number of likely N-dealkylation sites (N-methyl/N-ethyl adjacent to an activating group) is 1. The zero-order valence-corrected chi connectivity index (χ0v) is 11.1. The molecule has 100 valence electrons. The molecule has 2 N–H and O–H groups in total. The summed E-state index contributed by atoms with van der Waals surface area (Å²) in [5.74, 6) is -0.211. The molecule has 0 fully saturated rings. The highest BCUT2D eigenvalue weighted by Crippen LogP contribution is 2.17. The van der Waals surface area contributed by atoms with E-state index in [0.717, 1.165) is 6.42 Å². The first-order valence-corrected chi connectivity index (χ1v) is 6.42. The molecule has 0 aliphatic rings. The highest BCUT2D eigenvalue weighted by Gasteiger charge is 2.11. The van der Waals surface area contributed by atoms with Crippen molar-refractivity contribution in [1.29, 1.82) is 0 Å². The van der Waals surface area contributed by atoms with Crippen molar-refractivity contribution in [3.63, 3.8) is 0 Å². The first-order valence-electron chi connectivity index (χ1n) is 6.42. The van der Waals surface area contributed by atoms with Gasteiger partial charge in [0.15, 0.2) is 0 Å². The van der Waals surface area contributed by atoms with Crippen molar-refractivity contribution in [2.45, 2.75) is 12.5 Å². The number of nitrogens with two attached hydrogens (primary N) is 1. The number of para-hydroxylation sites is 1. The van der Waals surface area contributed by atoms with Crippen molar-refractivity contribution in [1.82, 2.24) is 0 Å². The van der Waals surface area contributed by atoms with E-state index in [-0.39, 0.29) is 11.9 Å². The summed E-state index contributed by atoms with van der Waals surface area (Å²) in [6.45, 7) is 0.621. The summed E-state index contributed by atoms with van der Waals surface area (Å²) in [5.41, 5.74) is 7.92. The minimum Gasteiger partial charge on any atom is -0.371 e. The van der Waals surface area contributed by atoms with Crippen LogP contribution in [-0.4, -0.2) is 19.6 Å². The number of rotatable bonds is 5. The van der Waals surface area contributed by atoms with Gasteiger partial charge in [-0.15, -0.1) is 0 Å². The first-order chi connectivity index (χ1) is 9.16. The lowest BCUT2D eigenvalue weighted by atomic mass is 10.1. The summed E-state index contributed by atoms with van der Waals surface area (Å²) >= 11 is 0. The SMILES string of the molecule is CN(CC(N)Cc1ccccc1)c1ccccc1F. The third-order valence-electron chi connectivity index (χ3n) is 3.11. The maximum absolute atomic E-state index is 13.6. The molecule has 0 bridgehead atoms. The van der Waals surface area contributed by atoms with Crippen LogP contribution in [0.3, 0.4) is 0 Å². The molecule has 19 heavy (non-hydrogen) atoms. The number of hydrogen-bond donors (Lipinski definition) is 1. The smallest absolute Gasteiger partial charge is 0.146 e. The molecular formula is C16H19FN2. The molecule has 0 aromatic heterocycles. The van der Waals surface area contributed by atoms with Gasteiger partial charge in [-0.1, -0.05) is 42.5 Å². The number of anilines is 1. The van der Waals surface area contributed by atoms with E-state index in [9.17, 15) is 4.39 Å². The van der Waals surface area contributed by atoms with Gasteiger partial charge in [0.1, 0.15) is 5.82 Å². The Morgan fingerprint density at radius 3 is 2.37 bits per heavy atom. The van der Waals surface area contributed by atoms with E-state index in [2.05, 4.69) is 12.1 Å². The fourth-order valence-corrected chi connectivity index (χ4v) is 2.19. The van der Waals surface area contributed by atoms with Gasteiger partial charge in [0, 0.05) is 19.6 Å². The Hall–Kier alpha value is -1.87. The van der Waals surface area contributed by atoms with Crippen LogP contribution in [0.25, 0.3) is 0 Å². The van der Waals surface area contributed by atoms with Gasteiger partial charge in [-0.3, -0.25) is 0 Å². The van der Waals surface area contributed by atoms with Gasteiger partial charge in [-0.2, -0.15) is 0 Å². The zero-order chi connectivity index (χ0) is 13.7. The first kappa shape index (κ1) is 13.6. The maximum Gasteiger partial charge on any atom is 0.146 e. The second-order valence-electron chi connectivity index (χ2n) is 4.78. The van der Waals surface area contributed by atoms with Crippen LogP contribution < -0.4 is 10.6 Å². The quantitative estimate of drug-likeness (QED) is 0.893. The van der Waals surface area contributed by atoms with Crippen molar-refractivity contribution in [2.24, 2.45) is 5.73 Å². The molecule has 1 atom stereocenters. The van der Waals surface area contributed by atoms with E-state index in [1.165, 1.54) is 11.6 Å². The van der Waals surface area contributed by atoms with Crippen LogP contribution in [0.1, 0.15) is 5.56 Å². The lowest BCUT2D eigenvalue weighted by molar-refractivity contribution is 0.607. The summed E-state index contributed by atoms with van der Waals surface area (Å²) in [7, 11) is 1.86. The predicted molar refractivity (Wildman–Crippen MR) is 77.8 cm³/mol. The van der Waals surface area contributed by atoms with Crippen LogP contribution in [0.4, 0.5) is 10.1 Å². The molecule has 0 amide bonds. The van der Waals surface area contributed by atoms with Crippen LogP contribution in [0.2, 0.25) is 0 Å². The fourth-order valence-electron chi connectivity index (χ4n) is 2.19. The lowest BCUT2D eigenvalue weighted by Gasteiger charge is -2.23. The standard InChI is InChI=1S/C16H19FN2/c1-19(16-10-6-5-9-15(16)17)12-14(18)11-13-7-3-2-4-8-13/h2-10,14H,11-12,18H2,1H3. The second kappa shape index (κ2) is 6.34. The van der Waals surface area contributed by atoms with E-state index >= 15 is 0 Å². The number of halogens is 1. The number of nitrogens with zero attached hydrogens (tertiary/aromatic N) is 1. The summed E-state index contributed by atoms with van der Waals surface area (Å²) in [4.78, 5) is 1.86. The largest absolute Gasteiger partial charge is 0.371 e. The molecule has 0 heterocycles. The molecule has 3 heteroatoms. The predicted octanol–water partition coefficient (Wildman–Crippen LogP) is 2.83. The van der Waals surface area contributed by atoms with E-state index in [1.54, 1.807) is 12.1 Å². The average Bonchev–Trinajstić information content (AvgIpc) is 2.40. The van der Waals surface area contributed by atoms with E-state index in [4.69, 9.17) is 5.73 Å². The summed E-state index contributed by atoms with van der Waals surface area (Å²) in [6.07, 6.45) is 0.791. The monoisotopic (exact) mass is 258 g/mol. The van der Waals surface area contributed by atoms with E-state index in [1.807, 2.05) is 36.2 Å². The Labute approximate surface area is 113 Å². The summed E-state index contributed by atoms with van der Waals surface area (Å²) < 4.78 is 13.6. The molecule has 0 aliphatic carbocycles. The fraction of sp³-hybridized carbons (Fsp3) is 0.250. The van der Waals surface area contributed by atoms with E-state index < -0.39 is 0 Å². The van der Waals surface area contributed by atoms with Crippen LogP contribution >= 0.6 is 0 Å². The zero-order valence-electron chi connectivity index (χ0n) is 11.1. The Bertz CT molecular complexity index is 513. The highest BCUT2D eigenvalue weighted by molar-refractivity contribution is 5.46. The highest BCUT2D eigenvalue weighted by atomic mass is 19.1. The molecule has 2 rings (SSSR count). The van der Waals surface area contributed by atoms with E-state index in [0.29, 0.717) is 12.2 Å². The van der Waals surface area contributed by atoms with Crippen molar-refractivity contribution < 1.29 is 4.39 Å². The summed E-state index contributed by atoms with van der Waals surface area (Å²) in [6, 6.07) is 16.8. The number of hydrogen-bond acceptors (Lipinski definition) is 2. The maximum atomic E-state index is 13.6. The topological polar surface area (TPSA) is 29.3 Å². The van der Waals surface area contributed by atoms with Crippen molar-refractivity contribution in [3.05, 3.63) is 66.0 Å². The Morgan fingerprint density at radius 1 is 1.05 bits per heavy atom. The van der Waals surface area contributed by atoms with Gasteiger partial charge in [-0.05, 0) is 24.1 Å². The van der Waals surface area contributed by atoms with Gasteiger partial charge < -0.3 is 10.6 Å². The number of benzene rings is 2. The molecule has 0 radical (unpaired) electrons. The van der Waals surface area contributed by atoms with Gasteiger partial charge in [0.25, 0.3) is 0 Å². The molecule has 0 aliphatic heterocycles. The van der Waals surface area contributed by atoms with Crippen molar-refractivity contribution >= 4 is 5.69 Å². The molecule has 2 aromatic carbocycles. The normalized spacial score (nSPS) is 12.2. The van der Waals surface area contributed by atoms with Crippen LogP contribution in [0, 0.1) is 5.82 Å². The van der Waals surface area contributed by atoms with Crippen LogP contribution in [-0.2, 0) is 6.42 Å². The Kier molecular flexibility index (Phi) is 4.53. The molecule has 2 nitrogen and oxygen atoms in total. The second-order valence-corrected chi connectivity index (χ2v) is 4.78.